The molecule has 0 aromatic rings. The highest BCUT2D eigenvalue weighted by Gasteiger charge is 2.51. The van der Waals surface area contributed by atoms with Crippen molar-refractivity contribution in [2.45, 2.75) is 25.6 Å². The summed E-state index contributed by atoms with van der Waals surface area (Å²) in [5.74, 6) is 0. The Morgan fingerprint density at radius 3 is 1.83 bits per heavy atom. The number of rotatable bonds is 7. The van der Waals surface area contributed by atoms with Crippen molar-refractivity contribution in [1.82, 2.24) is 0 Å². The van der Waals surface area contributed by atoms with E-state index in [4.69, 9.17) is 19.6 Å². The summed E-state index contributed by atoms with van der Waals surface area (Å²) >= 11 is 0. The van der Waals surface area contributed by atoms with E-state index in [0.717, 1.165) is 6.92 Å². The molecule has 0 aromatic heterocycles. The van der Waals surface area contributed by atoms with Gasteiger partial charge in [-0.1, -0.05) is 6.92 Å². The molecule has 0 heterocycles. The van der Waals surface area contributed by atoms with E-state index in [1.807, 2.05) is 0 Å². The van der Waals surface area contributed by atoms with Crippen molar-refractivity contribution in [3.05, 3.63) is 4.91 Å². The molecule has 0 aliphatic carbocycles. The number of nitroso groups, excluding NO2 is 1. The van der Waals surface area contributed by atoms with Crippen LogP contribution in [-0.4, -0.2) is 24.9 Å². The van der Waals surface area contributed by atoms with Crippen LogP contribution in [0, 0.1) is 4.91 Å². The summed E-state index contributed by atoms with van der Waals surface area (Å²) in [5.41, 5.74) is 0. The van der Waals surface area contributed by atoms with Gasteiger partial charge in [0.15, 0.2) is 5.34 Å². The molecule has 0 bridgehead atoms. The minimum Gasteiger partial charge on any atom is -0.322 e. The van der Waals surface area contributed by atoms with Crippen LogP contribution >= 0.6 is 23.2 Å². The van der Waals surface area contributed by atoms with Crippen molar-refractivity contribution >= 4 is 23.2 Å². The van der Waals surface area contributed by atoms with E-state index in [2.05, 4.69) is 8.83 Å². The molecule has 0 aromatic carbocycles. The number of nitrogens with zero attached hydrogens (tertiary/aromatic N) is 1. The van der Waals surface area contributed by atoms with Gasteiger partial charge in [-0.15, -0.1) is 4.91 Å². The van der Waals surface area contributed by atoms with Gasteiger partial charge in [-0.3, -0.25) is 9.09 Å². The number of phosphoric acid groups is 1. The maximum absolute atomic E-state index is 11.5. The molecular formula is C4H12NO10P3. The standard InChI is InChI=1S/C4H12NO10P3/c1-3-4(2,16(7,8)9)14-17(10,5-6)15-18(11,12)13/h3H2,1-2H3,(H2,7,8,9)(H2,11,12,13)/t4-,17?/m0/s1. The fraction of sp³-hybridized carbons (Fsp3) is 1.00. The first kappa shape index (κ1) is 18.0. The molecule has 1 unspecified atom stereocenters. The van der Waals surface area contributed by atoms with E-state index in [9.17, 15) is 18.6 Å². The lowest BCUT2D eigenvalue weighted by Gasteiger charge is -2.29. The Morgan fingerprint density at radius 1 is 1.17 bits per heavy atom. The predicted octanol–water partition coefficient (Wildman–Crippen LogP) is 1.29. The Balaban J connectivity index is 5.38. The summed E-state index contributed by atoms with van der Waals surface area (Å²) in [6.45, 7) is 2.03. The molecule has 108 valence electrons. The molecule has 2 atom stereocenters. The minimum atomic E-state index is -5.39. The van der Waals surface area contributed by atoms with Crippen LogP contribution in [0.15, 0.2) is 4.95 Å². The molecule has 18 heavy (non-hydrogen) atoms. The largest absolute Gasteiger partial charge is 0.499 e. The van der Waals surface area contributed by atoms with Gasteiger partial charge in [0.1, 0.15) is 0 Å². The Labute approximate surface area is 101 Å². The lowest BCUT2D eigenvalue weighted by molar-refractivity contribution is 0.110. The zero-order valence-corrected chi connectivity index (χ0v) is 11.9. The third kappa shape index (κ3) is 4.97. The summed E-state index contributed by atoms with van der Waals surface area (Å²) in [5, 5.41) is -2.42. The molecule has 0 spiro atoms. The maximum atomic E-state index is 11.5. The van der Waals surface area contributed by atoms with Gasteiger partial charge in [-0.2, -0.15) is 4.31 Å². The van der Waals surface area contributed by atoms with E-state index in [1.165, 1.54) is 6.92 Å². The van der Waals surface area contributed by atoms with Crippen LogP contribution in [0.4, 0.5) is 0 Å². The van der Waals surface area contributed by atoms with Gasteiger partial charge in [0.05, 0.1) is 0 Å². The summed E-state index contributed by atoms with van der Waals surface area (Å²) in [6, 6.07) is 0. The summed E-state index contributed by atoms with van der Waals surface area (Å²) in [4.78, 5) is 46.8. The van der Waals surface area contributed by atoms with E-state index in [1.54, 1.807) is 4.95 Å². The maximum Gasteiger partial charge on any atom is 0.499 e. The van der Waals surface area contributed by atoms with Crippen molar-refractivity contribution in [2.75, 3.05) is 0 Å². The quantitative estimate of drug-likeness (QED) is 0.393. The summed E-state index contributed by atoms with van der Waals surface area (Å²) in [6.07, 6.45) is -0.415. The first-order valence-corrected chi connectivity index (χ1v) is 8.90. The fourth-order valence-corrected chi connectivity index (χ4v) is 3.89. The Kier molecular flexibility index (Phi) is 5.60. The van der Waals surface area contributed by atoms with Gasteiger partial charge < -0.3 is 19.6 Å². The zero-order chi connectivity index (χ0) is 14.8. The molecule has 0 aliphatic rings. The Bertz CT molecular complexity index is 450. The van der Waals surface area contributed by atoms with Crippen molar-refractivity contribution < 1.29 is 42.1 Å². The molecule has 0 aliphatic heterocycles. The van der Waals surface area contributed by atoms with Crippen LogP contribution in [0.1, 0.15) is 20.3 Å². The second-order valence-electron chi connectivity index (χ2n) is 3.29. The van der Waals surface area contributed by atoms with Crippen LogP contribution in [-0.2, 0) is 22.5 Å². The van der Waals surface area contributed by atoms with Crippen molar-refractivity contribution in [1.29, 1.82) is 0 Å². The lowest BCUT2D eigenvalue weighted by Crippen LogP contribution is -2.26. The smallest absolute Gasteiger partial charge is 0.322 e. The average molecular weight is 327 g/mol. The molecule has 0 fully saturated rings. The summed E-state index contributed by atoms with van der Waals surface area (Å²) < 4.78 is 40.8. The van der Waals surface area contributed by atoms with Gasteiger partial charge in [-0.05, 0) is 13.3 Å². The van der Waals surface area contributed by atoms with Gasteiger partial charge in [-0.25, -0.2) is 9.13 Å². The molecule has 0 amide bonds. The molecule has 4 N–H and O–H groups in total. The topological polar surface area (TPSA) is 180 Å². The fourth-order valence-electron chi connectivity index (χ4n) is 0.755. The average Bonchev–Trinajstić information content (AvgIpc) is 2.12. The highest BCUT2D eigenvalue weighted by molar-refractivity contribution is 7.64. The van der Waals surface area contributed by atoms with Crippen LogP contribution in [0.5, 0.6) is 0 Å². The van der Waals surface area contributed by atoms with E-state index >= 15 is 0 Å². The molecule has 0 rings (SSSR count). The molecule has 11 nitrogen and oxygen atoms in total. The van der Waals surface area contributed by atoms with Crippen LogP contribution in [0.3, 0.4) is 0 Å². The first-order valence-electron chi connectivity index (χ1n) is 4.27. The molecular weight excluding hydrogens is 315 g/mol. The van der Waals surface area contributed by atoms with Gasteiger partial charge >= 0.3 is 23.2 Å². The van der Waals surface area contributed by atoms with Crippen LogP contribution in [0.25, 0.3) is 0 Å². The molecule has 0 saturated carbocycles. The first-order chi connectivity index (χ1) is 7.79. The molecule has 0 radical (unpaired) electrons. The second kappa shape index (κ2) is 5.58. The minimum absolute atomic E-state index is 0.415. The third-order valence-corrected chi connectivity index (χ3v) is 6.19. The molecule has 14 heteroatoms. The van der Waals surface area contributed by atoms with E-state index in [0.29, 0.717) is 0 Å². The van der Waals surface area contributed by atoms with Crippen molar-refractivity contribution in [3.8, 4) is 0 Å². The highest BCUT2D eigenvalue weighted by atomic mass is 31.3. The normalized spacial score (nSPS) is 19.9. The Hall–Kier alpha value is 0.0500. The summed E-state index contributed by atoms with van der Waals surface area (Å²) in [7, 11) is -15.6. The van der Waals surface area contributed by atoms with Crippen molar-refractivity contribution in [2.24, 2.45) is 4.95 Å². The van der Waals surface area contributed by atoms with Gasteiger partial charge in [0, 0.05) is 4.95 Å². The van der Waals surface area contributed by atoms with Crippen LogP contribution < -0.4 is 0 Å². The monoisotopic (exact) mass is 327 g/mol. The SMILES string of the molecule is CC[C@@](C)(OP(=O)(N=O)OP(=O)(O)O)P(=O)(O)O. The van der Waals surface area contributed by atoms with E-state index < -0.39 is 34.9 Å². The predicted molar refractivity (Wildman–Crippen MR) is 58.4 cm³/mol. The van der Waals surface area contributed by atoms with Gasteiger partial charge in [0.2, 0.25) is 0 Å². The second-order valence-corrected chi connectivity index (χ2v) is 8.24. The Morgan fingerprint density at radius 2 is 1.61 bits per heavy atom. The van der Waals surface area contributed by atoms with Crippen molar-refractivity contribution in [3.63, 3.8) is 0 Å². The number of hydrogen-bond donors (Lipinski definition) is 4. The zero-order valence-electron chi connectivity index (χ0n) is 9.23. The van der Waals surface area contributed by atoms with Gasteiger partial charge in [0.25, 0.3) is 0 Å². The molecule has 0 saturated heterocycles. The van der Waals surface area contributed by atoms with E-state index in [-0.39, 0.29) is 0 Å². The third-order valence-electron chi connectivity index (χ3n) is 1.89. The number of hydrogen-bond acceptors (Lipinski definition) is 6. The highest BCUT2D eigenvalue weighted by Crippen LogP contribution is 2.68. The lowest BCUT2D eigenvalue weighted by atomic mass is 10.3. The van der Waals surface area contributed by atoms with Crippen LogP contribution in [0.2, 0.25) is 0 Å².